The molecule has 5 heteroatoms. The second-order valence-corrected chi connectivity index (χ2v) is 6.36. The first-order valence-corrected chi connectivity index (χ1v) is 7.46. The summed E-state index contributed by atoms with van der Waals surface area (Å²) in [7, 11) is 1.95. The highest BCUT2D eigenvalue weighted by Gasteiger charge is 2.23. The molecule has 3 nitrogen and oxygen atoms in total. The monoisotopic (exact) mass is 302 g/mol. The highest BCUT2D eigenvalue weighted by atomic mass is 35.5. The number of thiophene rings is 1. The first-order valence-electron chi connectivity index (χ1n) is 6.64. The Morgan fingerprint density at radius 1 is 1.37 bits per heavy atom. The van der Waals surface area contributed by atoms with E-state index in [0.717, 1.165) is 37.2 Å². The quantitative estimate of drug-likeness (QED) is 0.911. The first kappa shape index (κ1) is 16.5. The second-order valence-electron chi connectivity index (χ2n) is 5.10. The summed E-state index contributed by atoms with van der Waals surface area (Å²) < 4.78 is 0. The number of carbonyl (C=O) groups is 1. The average molecular weight is 303 g/mol. The van der Waals surface area contributed by atoms with Gasteiger partial charge < -0.3 is 10.2 Å². The SMILES string of the molecule is Cc1cc(C(=O)N(C)C2CCCNCC2)sc1C.Cl. The smallest absolute Gasteiger partial charge is 0.263 e. The van der Waals surface area contributed by atoms with Crippen molar-refractivity contribution in [2.45, 2.75) is 39.2 Å². The van der Waals surface area contributed by atoms with Gasteiger partial charge >= 0.3 is 0 Å². The molecule has 0 bridgehead atoms. The van der Waals surface area contributed by atoms with Gasteiger partial charge in [0.25, 0.3) is 5.91 Å². The van der Waals surface area contributed by atoms with Crippen molar-refractivity contribution >= 4 is 29.7 Å². The molecule has 1 N–H and O–H groups in total. The molecule has 1 atom stereocenters. The van der Waals surface area contributed by atoms with Gasteiger partial charge in [0.2, 0.25) is 0 Å². The third kappa shape index (κ3) is 3.94. The number of nitrogens with one attached hydrogen (secondary N) is 1. The predicted octanol–water partition coefficient (Wildman–Crippen LogP) is 3.00. The van der Waals surface area contributed by atoms with Crippen LogP contribution in [0.3, 0.4) is 0 Å². The van der Waals surface area contributed by atoms with Crippen molar-refractivity contribution in [3.63, 3.8) is 0 Å². The summed E-state index contributed by atoms with van der Waals surface area (Å²) in [6, 6.07) is 2.41. The molecule has 1 aliphatic heterocycles. The minimum absolute atomic E-state index is 0. The zero-order valence-electron chi connectivity index (χ0n) is 11.9. The van der Waals surface area contributed by atoms with Crippen LogP contribution in [0.4, 0.5) is 0 Å². The van der Waals surface area contributed by atoms with Crippen molar-refractivity contribution in [2.24, 2.45) is 0 Å². The maximum atomic E-state index is 12.4. The third-order valence-corrected chi connectivity index (χ3v) is 4.93. The van der Waals surface area contributed by atoms with E-state index in [9.17, 15) is 4.79 Å². The number of nitrogens with zero attached hydrogens (tertiary/aromatic N) is 1. The molecule has 1 aromatic rings. The number of hydrogen-bond acceptors (Lipinski definition) is 3. The van der Waals surface area contributed by atoms with E-state index < -0.39 is 0 Å². The number of rotatable bonds is 2. The van der Waals surface area contributed by atoms with Crippen molar-refractivity contribution in [1.82, 2.24) is 10.2 Å². The van der Waals surface area contributed by atoms with Crippen LogP contribution in [0.15, 0.2) is 6.07 Å². The Balaban J connectivity index is 0.00000180. The van der Waals surface area contributed by atoms with Gasteiger partial charge in [-0.15, -0.1) is 23.7 Å². The molecule has 2 heterocycles. The van der Waals surface area contributed by atoms with Crippen molar-refractivity contribution in [3.05, 3.63) is 21.4 Å². The van der Waals surface area contributed by atoms with Crippen molar-refractivity contribution in [1.29, 1.82) is 0 Å². The molecule has 1 aliphatic rings. The van der Waals surface area contributed by atoms with Gasteiger partial charge in [-0.25, -0.2) is 0 Å². The lowest BCUT2D eigenvalue weighted by Crippen LogP contribution is -2.37. The Morgan fingerprint density at radius 3 is 2.74 bits per heavy atom. The molecule has 1 aromatic heterocycles. The lowest BCUT2D eigenvalue weighted by atomic mass is 10.1. The molecule has 0 saturated carbocycles. The van der Waals surface area contributed by atoms with Crippen LogP contribution in [0.5, 0.6) is 0 Å². The van der Waals surface area contributed by atoms with Crippen LogP contribution in [-0.2, 0) is 0 Å². The van der Waals surface area contributed by atoms with Crippen LogP contribution in [0, 0.1) is 13.8 Å². The normalized spacial score (nSPS) is 19.4. The Bertz CT molecular complexity index is 406. The lowest BCUT2D eigenvalue weighted by Gasteiger charge is -2.26. The summed E-state index contributed by atoms with van der Waals surface area (Å²) in [5.74, 6) is 0.183. The fourth-order valence-electron chi connectivity index (χ4n) is 2.41. The van der Waals surface area contributed by atoms with E-state index in [1.807, 2.05) is 18.0 Å². The highest BCUT2D eigenvalue weighted by Crippen LogP contribution is 2.23. The van der Waals surface area contributed by atoms with E-state index in [1.165, 1.54) is 10.4 Å². The summed E-state index contributed by atoms with van der Waals surface area (Å²) in [5, 5.41) is 3.39. The highest BCUT2D eigenvalue weighted by molar-refractivity contribution is 7.14. The summed E-state index contributed by atoms with van der Waals surface area (Å²) >= 11 is 1.61. The Morgan fingerprint density at radius 2 is 2.11 bits per heavy atom. The van der Waals surface area contributed by atoms with E-state index in [2.05, 4.69) is 19.2 Å². The summed E-state index contributed by atoms with van der Waals surface area (Å²) in [6.07, 6.45) is 3.33. The lowest BCUT2D eigenvalue weighted by molar-refractivity contribution is 0.0725. The largest absolute Gasteiger partial charge is 0.338 e. The Labute approximate surface area is 125 Å². The maximum absolute atomic E-state index is 12.4. The Hall–Kier alpha value is -0.580. The van der Waals surface area contributed by atoms with Gasteiger partial charge in [0.05, 0.1) is 4.88 Å². The molecule has 1 saturated heterocycles. The van der Waals surface area contributed by atoms with E-state index in [0.29, 0.717) is 6.04 Å². The molecule has 0 aromatic carbocycles. The molecular formula is C14H23ClN2OS. The maximum Gasteiger partial charge on any atom is 0.263 e. The van der Waals surface area contributed by atoms with Crippen molar-refractivity contribution in [2.75, 3.05) is 20.1 Å². The van der Waals surface area contributed by atoms with Gasteiger partial charge in [-0.3, -0.25) is 4.79 Å². The van der Waals surface area contributed by atoms with E-state index in [-0.39, 0.29) is 18.3 Å². The Kier molecular flexibility index (Phi) is 6.30. The fourth-order valence-corrected chi connectivity index (χ4v) is 3.42. The molecule has 0 radical (unpaired) electrons. The van der Waals surface area contributed by atoms with Crippen molar-refractivity contribution < 1.29 is 4.79 Å². The van der Waals surface area contributed by atoms with Gasteiger partial charge in [0.15, 0.2) is 0 Å². The third-order valence-electron chi connectivity index (χ3n) is 3.79. The van der Waals surface area contributed by atoms with Gasteiger partial charge in [0, 0.05) is 18.0 Å². The van der Waals surface area contributed by atoms with Gasteiger partial charge in [-0.05, 0) is 57.8 Å². The molecule has 19 heavy (non-hydrogen) atoms. The van der Waals surface area contributed by atoms with Gasteiger partial charge in [-0.2, -0.15) is 0 Å². The molecule has 0 aliphatic carbocycles. The summed E-state index contributed by atoms with van der Waals surface area (Å²) in [6.45, 7) is 6.24. The fraction of sp³-hybridized carbons (Fsp3) is 0.643. The topological polar surface area (TPSA) is 32.3 Å². The average Bonchev–Trinajstić information content (AvgIpc) is 2.61. The van der Waals surface area contributed by atoms with Crippen LogP contribution in [0.1, 0.15) is 39.4 Å². The van der Waals surface area contributed by atoms with Crippen molar-refractivity contribution in [3.8, 4) is 0 Å². The molecule has 1 amide bonds. The molecule has 108 valence electrons. The minimum atomic E-state index is 0. The standard InChI is InChI=1S/C14H22N2OS.ClH/c1-10-9-13(18-11(10)2)14(17)16(3)12-5-4-7-15-8-6-12;/h9,12,15H,4-8H2,1-3H3;1H. The van der Waals surface area contributed by atoms with Crippen LogP contribution < -0.4 is 5.32 Å². The summed E-state index contributed by atoms with van der Waals surface area (Å²) in [5.41, 5.74) is 1.22. The number of carbonyl (C=O) groups excluding carboxylic acids is 1. The molecular weight excluding hydrogens is 280 g/mol. The van der Waals surface area contributed by atoms with Gasteiger partial charge in [0.1, 0.15) is 0 Å². The van der Waals surface area contributed by atoms with Gasteiger partial charge in [-0.1, -0.05) is 0 Å². The van der Waals surface area contributed by atoms with Crippen LogP contribution >= 0.6 is 23.7 Å². The number of halogens is 1. The van der Waals surface area contributed by atoms with E-state index >= 15 is 0 Å². The number of amides is 1. The molecule has 2 rings (SSSR count). The molecule has 1 fully saturated rings. The van der Waals surface area contributed by atoms with E-state index in [4.69, 9.17) is 0 Å². The predicted molar refractivity (Wildman–Crippen MR) is 83.6 cm³/mol. The van der Waals surface area contributed by atoms with Crippen LogP contribution in [-0.4, -0.2) is 37.0 Å². The summed E-state index contributed by atoms with van der Waals surface area (Å²) in [4.78, 5) is 16.5. The molecule has 1 unspecified atom stereocenters. The number of aryl methyl sites for hydroxylation is 2. The zero-order chi connectivity index (χ0) is 13.1. The minimum Gasteiger partial charge on any atom is -0.338 e. The first-order chi connectivity index (χ1) is 8.59. The van der Waals surface area contributed by atoms with Crippen LogP contribution in [0.2, 0.25) is 0 Å². The van der Waals surface area contributed by atoms with Crippen LogP contribution in [0.25, 0.3) is 0 Å². The molecule has 0 spiro atoms. The number of hydrogen-bond donors (Lipinski definition) is 1. The second kappa shape index (κ2) is 7.27. The zero-order valence-corrected chi connectivity index (χ0v) is 13.5. The van der Waals surface area contributed by atoms with E-state index in [1.54, 1.807) is 11.3 Å².